The number of nitrogens with zero attached hydrogens (tertiary/aromatic N) is 1. The van der Waals surface area contributed by atoms with Crippen LogP contribution in [-0.4, -0.2) is 11.5 Å². The summed E-state index contributed by atoms with van der Waals surface area (Å²) >= 11 is 6.19. The molecule has 0 fully saturated rings. The summed E-state index contributed by atoms with van der Waals surface area (Å²) in [4.78, 5) is 4.44. The van der Waals surface area contributed by atoms with Crippen molar-refractivity contribution in [1.29, 1.82) is 0 Å². The summed E-state index contributed by atoms with van der Waals surface area (Å²) in [5.41, 5.74) is 2.22. The van der Waals surface area contributed by atoms with Crippen LogP contribution in [0.25, 0.3) is 10.9 Å². The SMILES string of the molecule is CC(C)CCCNCc1ccc(Cl)c2cccnc12. The fraction of sp³-hybridized carbons (Fsp3) is 0.438. The Morgan fingerprint density at radius 2 is 2.11 bits per heavy atom. The number of hydrogen-bond acceptors (Lipinski definition) is 2. The van der Waals surface area contributed by atoms with E-state index in [0.717, 1.165) is 34.9 Å². The zero-order valence-electron chi connectivity index (χ0n) is 11.6. The topological polar surface area (TPSA) is 24.9 Å². The molecule has 2 rings (SSSR count). The van der Waals surface area contributed by atoms with Gasteiger partial charge < -0.3 is 5.32 Å². The van der Waals surface area contributed by atoms with Gasteiger partial charge in [-0.05, 0) is 49.1 Å². The molecule has 0 aliphatic heterocycles. The van der Waals surface area contributed by atoms with Gasteiger partial charge in [-0.2, -0.15) is 0 Å². The fourth-order valence-corrected chi connectivity index (χ4v) is 2.41. The predicted molar refractivity (Wildman–Crippen MR) is 82.5 cm³/mol. The van der Waals surface area contributed by atoms with Gasteiger partial charge in [-0.15, -0.1) is 0 Å². The number of aromatic nitrogens is 1. The Kier molecular flexibility index (Phi) is 5.17. The molecule has 1 N–H and O–H groups in total. The zero-order chi connectivity index (χ0) is 13.7. The van der Waals surface area contributed by atoms with E-state index in [0.29, 0.717) is 0 Å². The number of hydrogen-bond donors (Lipinski definition) is 1. The van der Waals surface area contributed by atoms with Crippen molar-refractivity contribution in [2.75, 3.05) is 6.54 Å². The van der Waals surface area contributed by atoms with Crippen LogP contribution in [0.3, 0.4) is 0 Å². The number of rotatable bonds is 6. The molecule has 1 heterocycles. The molecular formula is C16H21ClN2. The number of nitrogens with one attached hydrogen (secondary N) is 1. The highest BCUT2D eigenvalue weighted by Crippen LogP contribution is 2.24. The van der Waals surface area contributed by atoms with E-state index in [9.17, 15) is 0 Å². The minimum atomic E-state index is 0.770. The van der Waals surface area contributed by atoms with Crippen molar-refractivity contribution in [3.8, 4) is 0 Å². The highest BCUT2D eigenvalue weighted by atomic mass is 35.5. The van der Waals surface area contributed by atoms with Gasteiger partial charge in [0.25, 0.3) is 0 Å². The van der Waals surface area contributed by atoms with E-state index in [1.165, 1.54) is 18.4 Å². The van der Waals surface area contributed by atoms with Gasteiger partial charge in [-0.1, -0.05) is 31.5 Å². The van der Waals surface area contributed by atoms with Gasteiger partial charge in [0.2, 0.25) is 0 Å². The lowest BCUT2D eigenvalue weighted by atomic mass is 10.1. The predicted octanol–water partition coefficient (Wildman–Crippen LogP) is 4.41. The molecule has 0 atom stereocenters. The number of benzene rings is 1. The zero-order valence-corrected chi connectivity index (χ0v) is 12.4. The van der Waals surface area contributed by atoms with E-state index in [1.54, 1.807) is 0 Å². The van der Waals surface area contributed by atoms with Crippen LogP contribution in [0.4, 0.5) is 0 Å². The summed E-state index contributed by atoms with van der Waals surface area (Å²) < 4.78 is 0. The van der Waals surface area contributed by atoms with Crippen molar-refractivity contribution < 1.29 is 0 Å². The smallest absolute Gasteiger partial charge is 0.0761 e. The van der Waals surface area contributed by atoms with Crippen molar-refractivity contribution in [2.24, 2.45) is 5.92 Å². The molecule has 0 aliphatic carbocycles. The molecule has 0 amide bonds. The van der Waals surface area contributed by atoms with Crippen LogP contribution in [0, 0.1) is 5.92 Å². The Bertz CT molecular complexity index is 537. The van der Waals surface area contributed by atoms with Crippen LogP contribution >= 0.6 is 11.6 Å². The maximum Gasteiger partial charge on any atom is 0.0761 e. The molecule has 0 radical (unpaired) electrons. The quantitative estimate of drug-likeness (QED) is 0.791. The van der Waals surface area contributed by atoms with E-state index in [2.05, 4.69) is 30.2 Å². The molecule has 1 aromatic heterocycles. The van der Waals surface area contributed by atoms with Crippen LogP contribution in [-0.2, 0) is 6.54 Å². The summed E-state index contributed by atoms with van der Waals surface area (Å²) in [7, 11) is 0. The molecular weight excluding hydrogens is 256 g/mol. The normalized spacial score (nSPS) is 11.4. The number of pyridine rings is 1. The molecule has 0 aliphatic rings. The first kappa shape index (κ1) is 14.3. The molecule has 0 spiro atoms. The van der Waals surface area contributed by atoms with Gasteiger partial charge in [-0.3, -0.25) is 4.98 Å². The second-order valence-corrected chi connectivity index (χ2v) is 5.73. The van der Waals surface area contributed by atoms with Gasteiger partial charge in [-0.25, -0.2) is 0 Å². The first-order chi connectivity index (χ1) is 9.18. The molecule has 3 heteroatoms. The van der Waals surface area contributed by atoms with Gasteiger partial charge in [0.15, 0.2) is 0 Å². The van der Waals surface area contributed by atoms with Crippen LogP contribution < -0.4 is 5.32 Å². The second kappa shape index (κ2) is 6.88. The van der Waals surface area contributed by atoms with Gasteiger partial charge in [0.1, 0.15) is 0 Å². The number of halogens is 1. The fourth-order valence-electron chi connectivity index (χ4n) is 2.20. The van der Waals surface area contributed by atoms with Crippen LogP contribution in [0.5, 0.6) is 0 Å². The summed E-state index contributed by atoms with van der Waals surface area (Å²) in [5.74, 6) is 0.778. The minimum Gasteiger partial charge on any atom is -0.313 e. The van der Waals surface area contributed by atoms with Crippen molar-refractivity contribution in [2.45, 2.75) is 33.2 Å². The molecule has 0 bridgehead atoms. The summed E-state index contributed by atoms with van der Waals surface area (Å²) in [5, 5.41) is 5.29. The van der Waals surface area contributed by atoms with Gasteiger partial charge >= 0.3 is 0 Å². The standard InChI is InChI=1S/C16H21ClN2/c1-12(2)5-3-9-18-11-13-7-8-15(17)14-6-4-10-19-16(13)14/h4,6-8,10,12,18H,3,5,9,11H2,1-2H3. The minimum absolute atomic E-state index is 0.770. The van der Waals surface area contributed by atoms with E-state index in [1.807, 2.05) is 24.4 Å². The monoisotopic (exact) mass is 276 g/mol. The molecule has 2 nitrogen and oxygen atoms in total. The molecule has 0 unspecified atom stereocenters. The van der Waals surface area contributed by atoms with Crippen molar-refractivity contribution in [1.82, 2.24) is 10.3 Å². The third kappa shape index (κ3) is 3.92. The third-order valence-electron chi connectivity index (χ3n) is 3.25. The maximum atomic E-state index is 6.19. The molecule has 1 aromatic carbocycles. The van der Waals surface area contributed by atoms with Crippen molar-refractivity contribution in [3.63, 3.8) is 0 Å². The van der Waals surface area contributed by atoms with Crippen LogP contribution in [0.1, 0.15) is 32.3 Å². The van der Waals surface area contributed by atoms with Gasteiger partial charge in [0.05, 0.1) is 5.52 Å². The van der Waals surface area contributed by atoms with E-state index >= 15 is 0 Å². The maximum absolute atomic E-state index is 6.19. The lowest BCUT2D eigenvalue weighted by Crippen LogP contribution is -2.15. The molecule has 0 saturated carbocycles. The Balaban J connectivity index is 1.99. The summed E-state index contributed by atoms with van der Waals surface area (Å²) in [6, 6.07) is 7.96. The molecule has 19 heavy (non-hydrogen) atoms. The Labute approximate surface area is 120 Å². The largest absolute Gasteiger partial charge is 0.313 e. The van der Waals surface area contributed by atoms with Crippen LogP contribution in [0.15, 0.2) is 30.5 Å². The molecule has 0 saturated heterocycles. The Morgan fingerprint density at radius 3 is 2.89 bits per heavy atom. The van der Waals surface area contributed by atoms with Crippen molar-refractivity contribution >= 4 is 22.5 Å². The van der Waals surface area contributed by atoms with Gasteiger partial charge in [0, 0.05) is 23.2 Å². The first-order valence-electron chi connectivity index (χ1n) is 6.91. The summed E-state index contributed by atoms with van der Waals surface area (Å²) in [6.07, 6.45) is 4.31. The average Bonchev–Trinajstić information content (AvgIpc) is 2.41. The first-order valence-corrected chi connectivity index (χ1v) is 7.29. The highest BCUT2D eigenvalue weighted by Gasteiger charge is 2.05. The lowest BCUT2D eigenvalue weighted by Gasteiger charge is -2.09. The summed E-state index contributed by atoms with van der Waals surface area (Å²) in [6.45, 7) is 6.42. The average molecular weight is 277 g/mol. The Hall–Kier alpha value is -1.12. The van der Waals surface area contributed by atoms with E-state index < -0.39 is 0 Å². The Morgan fingerprint density at radius 1 is 1.26 bits per heavy atom. The van der Waals surface area contributed by atoms with Crippen molar-refractivity contribution in [3.05, 3.63) is 41.0 Å². The lowest BCUT2D eigenvalue weighted by molar-refractivity contribution is 0.528. The highest BCUT2D eigenvalue weighted by molar-refractivity contribution is 6.35. The van der Waals surface area contributed by atoms with E-state index in [-0.39, 0.29) is 0 Å². The third-order valence-corrected chi connectivity index (χ3v) is 3.58. The molecule has 2 aromatic rings. The molecule has 102 valence electrons. The number of fused-ring (bicyclic) bond motifs is 1. The second-order valence-electron chi connectivity index (χ2n) is 5.32. The van der Waals surface area contributed by atoms with E-state index in [4.69, 9.17) is 11.6 Å². The van der Waals surface area contributed by atoms with Crippen LogP contribution in [0.2, 0.25) is 5.02 Å².